The summed E-state index contributed by atoms with van der Waals surface area (Å²) in [5.41, 5.74) is 1.91. The Morgan fingerprint density at radius 3 is 2.65 bits per heavy atom. The number of allylic oxidation sites excluding steroid dienone is 3. The van der Waals surface area contributed by atoms with Crippen molar-refractivity contribution in [1.29, 1.82) is 0 Å². The molecule has 1 saturated carbocycles. The largest absolute Gasteiger partial charge is 0.326 e. The SMILES string of the molecule is CC1(C)[C@@H]2CC=C(/C=C3\NC(=O)NC3=O)[C@H]1C2. The van der Waals surface area contributed by atoms with Gasteiger partial charge in [0, 0.05) is 0 Å². The Labute approximate surface area is 100 Å². The van der Waals surface area contributed by atoms with Crippen molar-refractivity contribution in [2.75, 3.05) is 0 Å². The van der Waals surface area contributed by atoms with Crippen molar-refractivity contribution in [2.45, 2.75) is 26.7 Å². The molecule has 2 bridgehead atoms. The first kappa shape index (κ1) is 10.6. The molecule has 1 heterocycles. The van der Waals surface area contributed by atoms with Crippen LogP contribution in [0.4, 0.5) is 4.79 Å². The lowest BCUT2D eigenvalue weighted by Crippen LogP contribution is -2.47. The molecule has 4 rings (SSSR count). The van der Waals surface area contributed by atoms with Crippen LogP contribution in [0.5, 0.6) is 0 Å². The van der Waals surface area contributed by atoms with Crippen molar-refractivity contribution in [2.24, 2.45) is 17.3 Å². The lowest BCUT2D eigenvalue weighted by molar-refractivity contribution is -0.115. The van der Waals surface area contributed by atoms with E-state index in [1.54, 1.807) is 0 Å². The van der Waals surface area contributed by atoms with Crippen LogP contribution in [0, 0.1) is 17.3 Å². The molecule has 0 unspecified atom stereocenters. The molecule has 0 radical (unpaired) electrons. The number of carbonyl (C=O) groups is 2. The summed E-state index contributed by atoms with van der Waals surface area (Å²) in [7, 11) is 0. The van der Waals surface area contributed by atoms with Crippen molar-refractivity contribution in [1.82, 2.24) is 10.6 Å². The molecule has 0 aromatic rings. The zero-order valence-corrected chi connectivity index (χ0v) is 10.0. The Balaban J connectivity index is 1.87. The van der Waals surface area contributed by atoms with E-state index in [2.05, 4.69) is 30.6 Å². The van der Waals surface area contributed by atoms with Crippen LogP contribution in [0.3, 0.4) is 0 Å². The number of hydrogen-bond donors (Lipinski definition) is 2. The standard InChI is InChI=1S/C13H16N2O2/c1-13(2)8-4-3-7(9(13)6-8)5-10-11(16)15-12(17)14-10/h3,5,8-9H,4,6H2,1-2H3,(H2,14,15,16,17)/b10-5-/t8-,9-/m1/s1. The monoisotopic (exact) mass is 232 g/mol. The van der Waals surface area contributed by atoms with E-state index >= 15 is 0 Å². The normalized spacial score (nSPS) is 36.1. The van der Waals surface area contributed by atoms with Crippen molar-refractivity contribution in [3.63, 3.8) is 0 Å². The van der Waals surface area contributed by atoms with E-state index in [1.807, 2.05) is 6.08 Å². The van der Waals surface area contributed by atoms with Gasteiger partial charge in [0.1, 0.15) is 5.70 Å². The highest BCUT2D eigenvalue weighted by Crippen LogP contribution is 2.59. The van der Waals surface area contributed by atoms with Crippen molar-refractivity contribution < 1.29 is 9.59 Å². The molecular weight excluding hydrogens is 216 g/mol. The van der Waals surface area contributed by atoms with E-state index in [-0.39, 0.29) is 5.91 Å². The molecule has 0 aromatic carbocycles. The molecule has 90 valence electrons. The maximum absolute atomic E-state index is 11.4. The van der Waals surface area contributed by atoms with Crippen LogP contribution in [0.2, 0.25) is 0 Å². The minimum absolute atomic E-state index is 0.324. The number of hydrogen-bond acceptors (Lipinski definition) is 2. The highest BCUT2D eigenvalue weighted by molar-refractivity contribution is 6.11. The van der Waals surface area contributed by atoms with Gasteiger partial charge in [0.15, 0.2) is 0 Å². The molecule has 0 spiro atoms. The number of nitrogens with one attached hydrogen (secondary N) is 2. The molecular formula is C13H16N2O2. The smallest absolute Gasteiger partial charge is 0.303 e. The van der Waals surface area contributed by atoms with Crippen molar-refractivity contribution in [3.8, 4) is 0 Å². The number of carbonyl (C=O) groups excluding carboxylic acids is 2. The van der Waals surface area contributed by atoms with E-state index in [0.717, 1.165) is 12.3 Å². The van der Waals surface area contributed by atoms with E-state index in [0.29, 0.717) is 17.0 Å². The molecule has 1 saturated heterocycles. The van der Waals surface area contributed by atoms with Gasteiger partial charge < -0.3 is 5.32 Å². The summed E-state index contributed by atoms with van der Waals surface area (Å²) in [6.45, 7) is 4.56. The van der Waals surface area contributed by atoms with Crippen LogP contribution >= 0.6 is 0 Å². The highest BCUT2D eigenvalue weighted by Gasteiger charge is 2.50. The first-order chi connectivity index (χ1) is 7.98. The first-order valence-corrected chi connectivity index (χ1v) is 6.02. The minimum atomic E-state index is -0.427. The Morgan fingerprint density at radius 2 is 2.12 bits per heavy atom. The molecule has 4 aliphatic rings. The van der Waals surface area contributed by atoms with E-state index < -0.39 is 6.03 Å². The maximum atomic E-state index is 11.4. The second-order valence-corrected chi connectivity index (χ2v) is 5.71. The van der Waals surface area contributed by atoms with Crippen LogP contribution < -0.4 is 10.6 Å². The van der Waals surface area contributed by atoms with Gasteiger partial charge in [-0.05, 0) is 41.7 Å². The zero-order chi connectivity index (χ0) is 12.2. The van der Waals surface area contributed by atoms with Gasteiger partial charge in [-0.1, -0.05) is 19.9 Å². The van der Waals surface area contributed by atoms with Crippen LogP contribution in [-0.2, 0) is 4.79 Å². The molecule has 4 heteroatoms. The quantitative estimate of drug-likeness (QED) is 0.534. The maximum Gasteiger partial charge on any atom is 0.326 e. The van der Waals surface area contributed by atoms with Crippen LogP contribution in [0.1, 0.15) is 26.7 Å². The lowest BCUT2D eigenvalue weighted by atomic mass is 9.49. The Hall–Kier alpha value is -1.58. The van der Waals surface area contributed by atoms with Crippen LogP contribution in [-0.4, -0.2) is 11.9 Å². The lowest BCUT2D eigenvalue weighted by Gasteiger charge is -2.56. The molecule has 17 heavy (non-hydrogen) atoms. The number of amides is 3. The van der Waals surface area contributed by atoms with Gasteiger partial charge in [0.05, 0.1) is 0 Å². The van der Waals surface area contributed by atoms with E-state index in [4.69, 9.17) is 0 Å². The molecule has 0 aromatic heterocycles. The Morgan fingerprint density at radius 1 is 1.35 bits per heavy atom. The fourth-order valence-corrected chi connectivity index (χ4v) is 3.21. The summed E-state index contributed by atoms with van der Waals surface area (Å²) in [6.07, 6.45) is 6.33. The van der Waals surface area contributed by atoms with Gasteiger partial charge in [0.2, 0.25) is 0 Å². The molecule has 3 aliphatic carbocycles. The van der Waals surface area contributed by atoms with Crippen LogP contribution in [0.15, 0.2) is 23.4 Å². The van der Waals surface area contributed by atoms with Gasteiger partial charge in [0.25, 0.3) is 5.91 Å². The summed E-state index contributed by atoms with van der Waals surface area (Å²) in [6, 6.07) is -0.427. The topological polar surface area (TPSA) is 58.2 Å². The van der Waals surface area contributed by atoms with Crippen LogP contribution in [0.25, 0.3) is 0 Å². The van der Waals surface area contributed by atoms with Crippen molar-refractivity contribution in [3.05, 3.63) is 23.4 Å². The molecule has 2 fully saturated rings. The molecule has 4 nitrogen and oxygen atoms in total. The number of fused-ring (bicyclic) bond motifs is 1. The molecule has 3 amide bonds. The van der Waals surface area contributed by atoms with Gasteiger partial charge in [-0.15, -0.1) is 0 Å². The Kier molecular flexibility index (Phi) is 2.00. The van der Waals surface area contributed by atoms with E-state index in [1.165, 1.54) is 12.0 Å². The summed E-state index contributed by atoms with van der Waals surface area (Å²) in [5.74, 6) is 0.982. The molecule has 2 N–H and O–H groups in total. The predicted octanol–water partition coefficient (Wildman–Crippen LogP) is 1.70. The van der Waals surface area contributed by atoms with Gasteiger partial charge in [-0.2, -0.15) is 0 Å². The number of imide groups is 1. The fourth-order valence-electron chi connectivity index (χ4n) is 3.21. The Bertz CT molecular complexity index is 474. The first-order valence-electron chi connectivity index (χ1n) is 6.02. The van der Waals surface area contributed by atoms with E-state index in [9.17, 15) is 9.59 Å². The molecule has 2 atom stereocenters. The summed E-state index contributed by atoms with van der Waals surface area (Å²) in [5, 5.41) is 4.76. The number of urea groups is 1. The zero-order valence-electron chi connectivity index (χ0n) is 10.0. The average Bonchev–Trinajstić information content (AvgIpc) is 2.57. The third-order valence-electron chi connectivity index (χ3n) is 4.54. The van der Waals surface area contributed by atoms with Gasteiger partial charge >= 0.3 is 6.03 Å². The summed E-state index contributed by atoms with van der Waals surface area (Å²) >= 11 is 0. The fraction of sp³-hybridized carbons (Fsp3) is 0.538. The van der Waals surface area contributed by atoms with Gasteiger partial charge in [-0.25, -0.2) is 4.79 Å². The third-order valence-corrected chi connectivity index (χ3v) is 4.54. The summed E-state index contributed by atoms with van der Waals surface area (Å²) < 4.78 is 0. The average molecular weight is 232 g/mol. The number of rotatable bonds is 1. The highest BCUT2D eigenvalue weighted by atomic mass is 16.2. The second-order valence-electron chi connectivity index (χ2n) is 5.71. The molecule has 1 aliphatic heterocycles. The predicted molar refractivity (Wildman–Crippen MR) is 62.8 cm³/mol. The van der Waals surface area contributed by atoms with Crippen molar-refractivity contribution >= 4 is 11.9 Å². The second kappa shape index (κ2) is 3.22. The summed E-state index contributed by atoms with van der Waals surface area (Å²) in [4.78, 5) is 22.5. The minimum Gasteiger partial charge on any atom is -0.303 e. The third kappa shape index (κ3) is 1.43. The van der Waals surface area contributed by atoms with Gasteiger partial charge in [-0.3, -0.25) is 10.1 Å².